The number of ether oxygens (including phenoxy) is 1. The van der Waals surface area contributed by atoms with Crippen LogP contribution in [0.2, 0.25) is 0 Å². The monoisotopic (exact) mass is 325 g/mol. The van der Waals surface area contributed by atoms with Crippen molar-refractivity contribution in [2.24, 2.45) is 0 Å². The van der Waals surface area contributed by atoms with Gasteiger partial charge in [-0.3, -0.25) is 9.59 Å². The molecule has 0 spiro atoms. The minimum atomic E-state index is -0.887. The van der Waals surface area contributed by atoms with Crippen LogP contribution in [-0.4, -0.2) is 47.7 Å². The van der Waals surface area contributed by atoms with Crippen LogP contribution in [0.3, 0.4) is 0 Å². The van der Waals surface area contributed by atoms with Gasteiger partial charge in [-0.25, -0.2) is 0 Å². The zero-order valence-electron chi connectivity index (χ0n) is 13.1. The molecule has 22 heavy (non-hydrogen) atoms. The van der Waals surface area contributed by atoms with Crippen LogP contribution >= 0.6 is 11.3 Å². The maximum atomic E-state index is 12.7. The van der Waals surface area contributed by atoms with E-state index in [1.54, 1.807) is 4.90 Å². The Bertz CT molecular complexity index is 534. The highest BCUT2D eigenvalue weighted by molar-refractivity contribution is 7.14. The van der Waals surface area contributed by atoms with Crippen LogP contribution in [0.5, 0.6) is 0 Å². The molecule has 1 fully saturated rings. The number of rotatable bonds is 7. The van der Waals surface area contributed by atoms with Crippen molar-refractivity contribution in [3.63, 3.8) is 0 Å². The second-order valence-electron chi connectivity index (χ2n) is 5.58. The highest BCUT2D eigenvalue weighted by Crippen LogP contribution is 2.24. The van der Waals surface area contributed by atoms with E-state index in [1.165, 1.54) is 16.9 Å². The summed E-state index contributed by atoms with van der Waals surface area (Å²) in [5, 5.41) is 8.90. The Morgan fingerprint density at radius 3 is 2.82 bits per heavy atom. The maximum absolute atomic E-state index is 12.7. The van der Waals surface area contributed by atoms with Crippen molar-refractivity contribution in [2.75, 3.05) is 19.7 Å². The zero-order chi connectivity index (χ0) is 16.1. The highest BCUT2D eigenvalue weighted by Gasteiger charge is 2.25. The van der Waals surface area contributed by atoms with Gasteiger partial charge < -0.3 is 14.7 Å². The normalized spacial score (nSPS) is 17.6. The quantitative estimate of drug-likeness (QED) is 0.837. The Morgan fingerprint density at radius 1 is 1.50 bits per heavy atom. The summed E-state index contributed by atoms with van der Waals surface area (Å²) in [6.45, 7) is 5.51. The summed E-state index contributed by atoms with van der Waals surface area (Å²) in [5.74, 6) is -0.966. The van der Waals surface area contributed by atoms with E-state index in [4.69, 9.17) is 9.84 Å². The smallest absolute Gasteiger partial charge is 0.305 e. The molecule has 0 unspecified atom stereocenters. The number of amides is 1. The van der Waals surface area contributed by atoms with Crippen molar-refractivity contribution in [1.82, 2.24) is 4.90 Å². The van der Waals surface area contributed by atoms with Gasteiger partial charge in [0.05, 0.1) is 17.4 Å². The minimum Gasteiger partial charge on any atom is -0.481 e. The van der Waals surface area contributed by atoms with Crippen LogP contribution in [0.25, 0.3) is 0 Å². The molecule has 2 heterocycles. The summed E-state index contributed by atoms with van der Waals surface area (Å²) in [5.41, 5.74) is 1.18. The zero-order valence-corrected chi connectivity index (χ0v) is 13.9. The molecule has 1 amide bonds. The Balaban J connectivity index is 2.10. The lowest BCUT2D eigenvalue weighted by molar-refractivity contribution is -0.137. The Labute approximate surface area is 134 Å². The average Bonchev–Trinajstić information content (AvgIpc) is 3.11. The van der Waals surface area contributed by atoms with E-state index in [2.05, 4.69) is 6.92 Å². The number of carbonyl (C=O) groups excluding carboxylic acids is 1. The second kappa shape index (κ2) is 7.74. The largest absolute Gasteiger partial charge is 0.481 e. The molecule has 1 aliphatic rings. The standard InChI is InChI=1S/C16H23NO4S/c1-3-12-9-14(22-11(12)2)16(20)17(7-6-15(18)19)10-13-5-4-8-21-13/h9,13H,3-8,10H2,1-2H3,(H,18,19)/t13-/m1/s1. The van der Waals surface area contributed by atoms with Crippen molar-refractivity contribution >= 4 is 23.2 Å². The van der Waals surface area contributed by atoms with E-state index in [0.29, 0.717) is 11.4 Å². The average molecular weight is 325 g/mol. The first-order chi connectivity index (χ1) is 10.5. The molecular weight excluding hydrogens is 302 g/mol. The number of carboxylic acid groups (broad SMARTS) is 1. The van der Waals surface area contributed by atoms with E-state index in [-0.39, 0.29) is 25.0 Å². The fraction of sp³-hybridized carbons (Fsp3) is 0.625. The summed E-state index contributed by atoms with van der Waals surface area (Å²) in [6.07, 6.45) is 2.83. The van der Waals surface area contributed by atoms with Crippen molar-refractivity contribution in [3.8, 4) is 0 Å². The summed E-state index contributed by atoms with van der Waals surface area (Å²) in [4.78, 5) is 27.0. The van der Waals surface area contributed by atoms with Gasteiger partial charge in [-0.15, -0.1) is 11.3 Å². The lowest BCUT2D eigenvalue weighted by atomic mass is 10.2. The van der Waals surface area contributed by atoms with Crippen molar-refractivity contribution in [2.45, 2.75) is 45.6 Å². The SMILES string of the molecule is CCc1cc(C(=O)N(CCC(=O)O)C[C@H]2CCCO2)sc1C. The number of carboxylic acids is 1. The van der Waals surface area contributed by atoms with E-state index in [0.717, 1.165) is 30.7 Å². The third-order valence-corrected chi connectivity index (χ3v) is 5.02. The van der Waals surface area contributed by atoms with E-state index < -0.39 is 5.97 Å². The molecule has 0 bridgehead atoms. The third kappa shape index (κ3) is 4.30. The molecule has 1 saturated heterocycles. The van der Waals surface area contributed by atoms with Crippen molar-refractivity contribution in [1.29, 1.82) is 0 Å². The highest BCUT2D eigenvalue weighted by atomic mass is 32.1. The first kappa shape index (κ1) is 17.0. The predicted molar refractivity (Wildman–Crippen MR) is 85.6 cm³/mol. The molecule has 1 aromatic heterocycles. The summed E-state index contributed by atoms with van der Waals surface area (Å²) in [7, 11) is 0. The number of hydrogen-bond donors (Lipinski definition) is 1. The first-order valence-corrected chi connectivity index (χ1v) is 8.55. The Morgan fingerprint density at radius 2 is 2.27 bits per heavy atom. The van der Waals surface area contributed by atoms with Crippen LogP contribution in [0, 0.1) is 6.92 Å². The molecule has 1 N–H and O–H groups in total. The number of nitrogens with zero attached hydrogens (tertiary/aromatic N) is 1. The van der Waals surface area contributed by atoms with Gasteiger partial charge in [0.2, 0.25) is 0 Å². The maximum Gasteiger partial charge on any atom is 0.305 e. The molecule has 1 aromatic rings. The predicted octanol–water partition coefficient (Wildman–Crippen LogP) is 2.71. The topological polar surface area (TPSA) is 66.8 Å². The van der Waals surface area contributed by atoms with Crippen molar-refractivity contribution in [3.05, 3.63) is 21.4 Å². The molecule has 5 nitrogen and oxygen atoms in total. The van der Waals surface area contributed by atoms with Crippen molar-refractivity contribution < 1.29 is 19.4 Å². The fourth-order valence-electron chi connectivity index (χ4n) is 2.67. The number of thiophene rings is 1. The molecule has 1 aliphatic heterocycles. The Hall–Kier alpha value is -1.40. The second-order valence-corrected chi connectivity index (χ2v) is 6.83. The van der Waals surface area contributed by atoms with E-state index in [1.807, 2.05) is 13.0 Å². The lowest BCUT2D eigenvalue weighted by Gasteiger charge is -2.24. The van der Waals surface area contributed by atoms with Crippen LogP contribution < -0.4 is 0 Å². The number of carbonyl (C=O) groups is 2. The molecule has 0 aliphatic carbocycles. The van der Waals surface area contributed by atoms with Crippen LogP contribution in [0.1, 0.15) is 46.3 Å². The van der Waals surface area contributed by atoms with E-state index >= 15 is 0 Å². The van der Waals surface area contributed by atoms with Crippen LogP contribution in [-0.2, 0) is 16.0 Å². The summed E-state index contributed by atoms with van der Waals surface area (Å²) >= 11 is 1.49. The molecule has 122 valence electrons. The number of hydrogen-bond acceptors (Lipinski definition) is 4. The molecular formula is C16H23NO4S. The van der Waals surface area contributed by atoms with Gasteiger partial charge in [-0.05, 0) is 37.8 Å². The van der Waals surface area contributed by atoms with Crippen LogP contribution in [0.15, 0.2) is 6.07 Å². The van der Waals surface area contributed by atoms with Gasteiger partial charge in [0.15, 0.2) is 0 Å². The van der Waals surface area contributed by atoms with Gasteiger partial charge in [0, 0.05) is 24.6 Å². The fourth-order valence-corrected chi connectivity index (χ4v) is 3.75. The number of aliphatic carboxylic acids is 1. The molecule has 6 heteroatoms. The van der Waals surface area contributed by atoms with Gasteiger partial charge in [0.1, 0.15) is 0 Å². The summed E-state index contributed by atoms with van der Waals surface area (Å²) in [6, 6.07) is 1.94. The Kier molecular flexibility index (Phi) is 5.97. The first-order valence-electron chi connectivity index (χ1n) is 7.73. The molecule has 2 rings (SSSR count). The molecule has 1 atom stereocenters. The third-order valence-electron chi connectivity index (χ3n) is 3.94. The minimum absolute atomic E-state index is 0.0319. The van der Waals surface area contributed by atoms with Gasteiger partial charge in [-0.1, -0.05) is 6.92 Å². The van der Waals surface area contributed by atoms with Gasteiger partial charge in [0.25, 0.3) is 5.91 Å². The van der Waals surface area contributed by atoms with E-state index in [9.17, 15) is 9.59 Å². The van der Waals surface area contributed by atoms with Gasteiger partial charge in [-0.2, -0.15) is 0 Å². The van der Waals surface area contributed by atoms with Crippen LogP contribution in [0.4, 0.5) is 0 Å². The summed E-state index contributed by atoms with van der Waals surface area (Å²) < 4.78 is 5.59. The number of aryl methyl sites for hydroxylation is 2. The molecule has 0 saturated carbocycles. The van der Waals surface area contributed by atoms with Gasteiger partial charge >= 0.3 is 5.97 Å². The lowest BCUT2D eigenvalue weighted by Crippen LogP contribution is -2.38. The molecule has 0 aromatic carbocycles. The molecule has 0 radical (unpaired) electrons.